The molecule has 6 nitrogen and oxygen atoms in total. The van der Waals surface area contributed by atoms with Crippen LogP contribution >= 0.6 is 0 Å². The molecule has 0 fully saturated rings. The third kappa shape index (κ3) is 4.88. The average molecular weight is 383 g/mol. The van der Waals surface area contributed by atoms with Gasteiger partial charge in [-0.15, -0.1) is 0 Å². The minimum absolute atomic E-state index is 0.0278. The molecule has 28 heavy (non-hydrogen) atoms. The van der Waals surface area contributed by atoms with Crippen LogP contribution in [0.5, 0.6) is 0 Å². The zero-order chi connectivity index (χ0) is 20.3. The minimum Gasteiger partial charge on any atom is -0.390 e. The Kier molecular flexibility index (Phi) is 6.01. The average Bonchev–Trinajstić information content (AvgIpc) is 3.01. The van der Waals surface area contributed by atoms with Crippen LogP contribution in [0.1, 0.15) is 53.6 Å². The molecule has 0 spiro atoms. The number of hydrogen-bond donors (Lipinski definition) is 2. The number of aliphatic hydroxyl groups excluding tert-OH is 1. The summed E-state index contributed by atoms with van der Waals surface area (Å²) >= 11 is 0. The van der Waals surface area contributed by atoms with Crippen LogP contribution in [0, 0.1) is 0 Å². The van der Waals surface area contributed by atoms with Crippen molar-refractivity contribution in [1.29, 1.82) is 0 Å². The number of amides is 1. The van der Waals surface area contributed by atoms with E-state index in [-0.39, 0.29) is 23.8 Å². The Morgan fingerprint density at radius 3 is 2.54 bits per heavy atom. The van der Waals surface area contributed by atoms with Crippen molar-refractivity contribution >= 4 is 11.7 Å². The highest BCUT2D eigenvalue weighted by Gasteiger charge is 2.30. The van der Waals surface area contributed by atoms with Crippen LogP contribution in [0.4, 0.5) is 0 Å². The number of fused-ring (bicyclic) bond motifs is 1. The second-order valence-electron chi connectivity index (χ2n) is 8.40. The number of nitrogens with zero attached hydrogens (tertiary/aromatic N) is 2. The van der Waals surface area contributed by atoms with Crippen molar-refractivity contribution < 1.29 is 14.7 Å². The molecule has 1 aliphatic rings. The molecule has 0 saturated carbocycles. The van der Waals surface area contributed by atoms with Gasteiger partial charge in [0.2, 0.25) is 0 Å². The Morgan fingerprint density at radius 1 is 1.14 bits per heavy atom. The quantitative estimate of drug-likeness (QED) is 0.804. The molecular weight excluding hydrogens is 354 g/mol. The first-order valence-electron chi connectivity index (χ1n) is 9.73. The monoisotopic (exact) mass is 383 g/mol. The maximum atomic E-state index is 13.2. The lowest BCUT2D eigenvalue weighted by molar-refractivity contribution is 0.0730. The molecule has 6 heteroatoms. The fourth-order valence-electron chi connectivity index (χ4n) is 3.38. The highest BCUT2D eigenvalue weighted by atomic mass is 16.3. The van der Waals surface area contributed by atoms with Crippen LogP contribution in [0.2, 0.25) is 0 Å². The molecule has 0 radical (unpaired) electrons. The zero-order valence-electron chi connectivity index (χ0n) is 16.8. The number of nitrogens with one attached hydrogen (secondary N) is 1. The van der Waals surface area contributed by atoms with Crippen molar-refractivity contribution in [3.05, 3.63) is 59.4 Å². The maximum absolute atomic E-state index is 13.2. The summed E-state index contributed by atoms with van der Waals surface area (Å²) in [5.41, 5.74) is 1.76. The normalized spacial score (nSPS) is 16.1. The second-order valence-corrected chi connectivity index (χ2v) is 8.40. The van der Waals surface area contributed by atoms with Crippen molar-refractivity contribution in [2.45, 2.75) is 51.9 Å². The van der Waals surface area contributed by atoms with E-state index in [2.05, 4.69) is 5.32 Å². The molecule has 150 valence electrons. The van der Waals surface area contributed by atoms with Crippen molar-refractivity contribution in [3.63, 3.8) is 0 Å². The number of benzene rings is 1. The predicted octanol–water partition coefficient (Wildman–Crippen LogP) is 2.47. The lowest BCUT2D eigenvalue weighted by Gasteiger charge is -2.24. The van der Waals surface area contributed by atoms with Gasteiger partial charge in [0.25, 0.3) is 5.91 Å². The summed E-state index contributed by atoms with van der Waals surface area (Å²) in [6, 6.07) is 11.5. The Balaban J connectivity index is 1.80. The van der Waals surface area contributed by atoms with Crippen LogP contribution in [0.15, 0.2) is 42.6 Å². The largest absolute Gasteiger partial charge is 0.390 e. The topological polar surface area (TPSA) is 74.6 Å². The first kappa shape index (κ1) is 20.3. The number of hydrogen-bond acceptors (Lipinski definition) is 4. The Morgan fingerprint density at radius 2 is 1.86 bits per heavy atom. The number of β-amino-alcohol motifs (C(OH)–C–C–N with tert-alkyl or cyclic N) is 1. The number of carbonyl (C=O) groups is 2. The van der Waals surface area contributed by atoms with Gasteiger partial charge in [-0.1, -0.05) is 30.3 Å². The highest BCUT2D eigenvalue weighted by Crippen LogP contribution is 2.22. The van der Waals surface area contributed by atoms with Crippen LogP contribution in [-0.2, 0) is 13.1 Å². The smallest absolute Gasteiger partial charge is 0.271 e. The van der Waals surface area contributed by atoms with Gasteiger partial charge >= 0.3 is 0 Å². The summed E-state index contributed by atoms with van der Waals surface area (Å²) < 4.78 is 1.72. The lowest BCUT2D eigenvalue weighted by atomic mass is 10.1. The summed E-state index contributed by atoms with van der Waals surface area (Å²) in [6.45, 7) is 7.63. The van der Waals surface area contributed by atoms with Gasteiger partial charge in [0.1, 0.15) is 5.69 Å². The summed E-state index contributed by atoms with van der Waals surface area (Å²) in [6.07, 6.45) is 1.38. The molecule has 1 atom stereocenters. The molecular formula is C22H29N3O3. The summed E-state index contributed by atoms with van der Waals surface area (Å²) in [4.78, 5) is 27.5. The van der Waals surface area contributed by atoms with Gasteiger partial charge in [0.15, 0.2) is 5.78 Å². The van der Waals surface area contributed by atoms with E-state index in [1.54, 1.807) is 21.7 Å². The van der Waals surface area contributed by atoms with Crippen LogP contribution in [0.3, 0.4) is 0 Å². The number of rotatable bonds is 6. The molecule has 0 bridgehead atoms. The molecule has 0 aliphatic carbocycles. The third-order valence-electron chi connectivity index (χ3n) is 4.85. The first-order chi connectivity index (χ1) is 13.2. The maximum Gasteiger partial charge on any atom is 0.271 e. The van der Waals surface area contributed by atoms with Gasteiger partial charge < -0.3 is 19.9 Å². The second kappa shape index (κ2) is 8.29. The van der Waals surface area contributed by atoms with E-state index in [9.17, 15) is 14.7 Å². The first-order valence-corrected chi connectivity index (χ1v) is 9.73. The Bertz CT molecular complexity index is 836. The lowest BCUT2D eigenvalue weighted by Crippen LogP contribution is -2.42. The predicted molar refractivity (Wildman–Crippen MR) is 108 cm³/mol. The summed E-state index contributed by atoms with van der Waals surface area (Å²) in [5, 5.41) is 13.7. The highest BCUT2D eigenvalue weighted by molar-refractivity contribution is 6.09. The zero-order valence-corrected chi connectivity index (χ0v) is 16.8. The molecule has 1 unspecified atom stereocenters. The van der Waals surface area contributed by atoms with E-state index >= 15 is 0 Å². The SMILES string of the molecule is CC(C)(C)NCC(O)Cn1ccc2c1C(=O)N(Cc1ccccc1)CCC2=O. The summed E-state index contributed by atoms with van der Waals surface area (Å²) in [7, 11) is 0. The van der Waals surface area contributed by atoms with E-state index in [4.69, 9.17) is 0 Å². The number of Topliss-reactive ketones (excluding diaryl/α,β-unsaturated/α-hetero) is 1. The van der Waals surface area contributed by atoms with E-state index in [1.165, 1.54) is 0 Å². The molecule has 2 aromatic rings. The van der Waals surface area contributed by atoms with Crippen LogP contribution < -0.4 is 5.32 Å². The molecule has 0 saturated heterocycles. The molecule has 1 aliphatic heterocycles. The van der Waals surface area contributed by atoms with Gasteiger partial charge in [0, 0.05) is 43.4 Å². The fraction of sp³-hybridized carbons (Fsp3) is 0.455. The standard InChI is InChI=1S/C22H29N3O3/c1-22(2,3)23-13-17(26)15-24-11-9-18-19(27)10-12-25(21(28)20(18)24)14-16-7-5-4-6-8-16/h4-9,11,17,23,26H,10,12-15H2,1-3H3. The van der Waals surface area contributed by atoms with Crippen molar-refractivity contribution in [1.82, 2.24) is 14.8 Å². The molecule has 3 rings (SSSR count). The summed E-state index contributed by atoms with van der Waals surface area (Å²) in [5.74, 6) is -0.189. The van der Waals surface area contributed by atoms with Gasteiger partial charge in [0.05, 0.1) is 12.6 Å². The van der Waals surface area contributed by atoms with Crippen molar-refractivity contribution in [2.24, 2.45) is 0 Å². The molecule has 2 N–H and O–H groups in total. The third-order valence-corrected chi connectivity index (χ3v) is 4.85. The van der Waals surface area contributed by atoms with Gasteiger partial charge in [-0.2, -0.15) is 0 Å². The number of aliphatic hydroxyl groups is 1. The minimum atomic E-state index is -0.663. The fourth-order valence-corrected chi connectivity index (χ4v) is 3.38. The number of ketones is 1. The number of aromatic nitrogens is 1. The molecule has 1 aromatic heterocycles. The van der Waals surface area contributed by atoms with Gasteiger partial charge in [-0.05, 0) is 32.4 Å². The van der Waals surface area contributed by atoms with Crippen molar-refractivity contribution in [3.8, 4) is 0 Å². The van der Waals surface area contributed by atoms with Gasteiger partial charge in [-0.25, -0.2) is 0 Å². The van der Waals surface area contributed by atoms with Crippen LogP contribution in [0.25, 0.3) is 0 Å². The van der Waals surface area contributed by atoms with Crippen molar-refractivity contribution in [2.75, 3.05) is 13.1 Å². The van der Waals surface area contributed by atoms with E-state index in [0.717, 1.165) is 5.56 Å². The Hall–Kier alpha value is -2.44. The molecule has 1 aromatic carbocycles. The van der Waals surface area contributed by atoms with E-state index < -0.39 is 6.10 Å². The van der Waals surface area contributed by atoms with Crippen LogP contribution in [-0.4, -0.2) is 51.0 Å². The Labute approximate surface area is 166 Å². The number of carbonyl (C=O) groups excluding carboxylic acids is 2. The molecule has 2 heterocycles. The van der Waals surface area contributed by atoms with E-state index in [1.807, 2.05) is 51.1 Å². The molecule has 1 amide bonds. The van der Waals surface area contributed by atoms with E-state index in [0.29, 0.717) is 37.3 Å². The van der Waals surface area contributed by atoms with Gasteiger partial charge in [-0.3, -0.25) is 9.59 Å².